The second-order valence-corrected chi connectivity index (χ2v) is 11.5. The van der Waals surface area contributed by atoms with Crippen molar-refractivity contribution in [2.24, 2.45) is 11.8 Å². The Morgan fingerprint density at radius 1 is 1.06 bits per heavy atom. The summed E-state index contributed by atoms with van der Waals surface area (Å²) >= 11 is 1.96. The van der Waals surface area contributed by atoms with Crippen molar-refractivity contribution in [3.8, 4) is 5.75 Å². The molecule has 3 heteroatoms. The number of nitrogens with one attached hydrogen (secondary N) is 1. The summed E-state index contributed by atoms with van der Waals surface area (Å²) in [5.74, 6) is 3.23. The maximum atomic E-state index is 5.52. The molecule has 0 spiro atoms. The molecular weight excluding hydrogens is 422 g/mol. The van der Waals surface area contributed by atoms with Gasteiger partial charge in [0, 0.05) is 26.7 Å². The number of fused-ring (bicyclic) bond motifs is 10. The van der Waals surface area contributed by atoms with Gasteiger partial charge in [0.2, 0.25) is 0 Å². The van der Waals surface area contributed by atoms with Gasteiger partial charge in [0.25, 0.3) is 0 Å². The molecule has 3 aliphatic carbocycles. The van der Waals surface area contributed by atoms with Crippen LogP contribution in [0.3, 0.4) is 0 Å². The second-order valence-electron chi connectivity index (χ2n) is 10.7. The molecule has 1 N–H and O–H groups in total. The van der Waals surface area contributed by atoms with Crippen LogP contribution in [0.4, 0.5) is 0 Å². The van der Waals surface area contributed by atoms with Crippen LogP contribution in [0.2, 0.25) is 0 Å². The number of rotatable bonds is 2. The van der Waals surface area contributed by atoms with E-state index >= 15 is 0 Å². The lowest BCUT2D eigenvalue weighted by Crippen LogP contribution is -2.43. The summed E-state index contributed by atoms with van der Waals surface area (Å²) in [6.45, 7) is 2.59. The van der Waals surface area contributed by atoms with Gasteiger partial charge in [-0.1, -0.05) is 31.2 Å². The Balaban J connectivity index is 1.36. The summed E-state index contributed by atoms with van der Waals surface area (Å²) in [5.41, 5.74) is 9.28. The molecule has 0 radical (unpaired) electrons. The number of benzene rings is 3. The lowest BCUT2D eigenvalue weighted by molar-refractivity contribution is 0.106. The molecule has 7 rings (SSSR count). The lowest BCUT2D eigenvalue weighted by Gasteiger charge is -2.49. The minimum Gasteiger partial charge on any atom is -0.497 e. The Kier molecular flexibility index (Phi) is 4.28. The molecule has 2 nitrogen and oxygen atoms in total. The molecule has 3 aliphatic rings. The summed E-state index contributed by atoms with van der Waals surface area (Å²) in [6.07, 6.45) is 8.61. The Labute approximate surface area is 200 Å². The van der Waals surface area contributed by atoms with Crippen LogP contribution in [-0.4, -0.2) is 18.3 Å². The van der Waals surface area contributed by atoms with Crippen LogP contribution in [0.25, 0.3) is 21.8 Å². The van der Waals surface area contributed by atoms with E-state index in [0.29, 0.717) is 5.92 Å². The highest BCUT2D eigenvalue weighted by Gasteiger charge is 2.53. The van der Waals surface area contributed by atoms with Gasteiger partial charge in [-0.3, -0.25) is 0 Å². The van der Waals surface area contributed by atoms with Gasteiger partial charge in [0.05, 0.1) is 7.11 Å². The number of hydrogen-bond donors (Lipinski definition) is 1. The highest BCUT2D eigenvalue weighted by molar-refractivity contribution is 7.98. The fourth-order valence-corrected chi connectivity index (χ4v) is 8.76. The quantitative estimate of drug-likeness (QED) is 0.316. The van der Waals surface area contributed by atoms with Gasteiger partial charge in [0.15, 0.2) is 0 Å². The minimum atomic E-state index is 0.288. The zero-order valence-electron chi connectivity index (χ0n) is 19.7. The van der Waals surface area contributed by atoms with E-state index in [9.17, 15) is 0 Å². The lowest BCUT2D eigenvalue weighted by atomic mass is 9.55. The largest absolute Gasteiger partial charge is 0.497 e. The zero-order valence-corrected chi connectivity index (χ0v) is 20.5. The molecule has 1 aromatic heterocycles. The van der Waals surface area contributed by atoms with Gasteiger partial charge in [-0.15, -0.1) is 11.8 Å². The van der Waals surface area contributed by atoms with Crippen LogP contribution in [0.1, 0.15) is 54.4 Å². The van der Waals surface area contributed by atoms with Crippen molar-refractivity contribution in [2.75, 3.05) is 13.4 Å². The molecule has 0 aliphatic heterocycles. The summed E-state index contributed by atoms with van der Waals surface area (Å²) < 4.78 is 5.52. The van der Waals surface area contributed by atoms with Gasteiger partial charge < -0.3 is 9.72 Å². The number of H-pyrrole nitrogens is 1. The Morgan fingerprint density at radius 2 is 1.94 bits per heavy atom. The van der Waals surface area contributed by atoms with Crippen molar-refractivity contribution in [1.82, 2.24) is 4.98 Å². The molecule has 168 valence electrons. The van der Waals surface area contributed by atoms with Crippen molar-refractivity contribution in [2.45, 2.75) is 55.3 Å². The highest BCUT2D eigenvalue weighted by atomic mass is 32.2. The monoisotopic (exact) mass is 453 g/mol. The third kappa shape index (κ3) is 2.63. The summed E-state index contributed by atoms with van der Waals surface area (Å²) in [5, 5.41) is 2.81. The standard InChI is InChI=1S/C30H31NOS/c1-30-13-12-20-19-11-9-18(32-2)14-17(19)8-10-21(20)24(30)15-23-25(30)16-27-28(29(23)33-3)22-6-4-5-7-26(22)31-27/h4-7,9,11,14,16,20-21,24,31H,8,10,12-13,15H2,1-3H3/t20-,21-,24+,30+/m1/s1. The number of para-hydroxylation sites is 1. The van der Waals surface area contributed by atoms with E-state index in [1.165, 1.54) is 64.4 Å². The average molecular weight is 454 g/mol. The van der Waals surface area contributed by atoms with Gasteiger partial charge in [-0.05, 0) is 108 Å². The number of ether oxygens (including phenoxy) is 1. The fraction of sp³-hybridized carbons (Fsp3) is 0.400. The van der Waals surface area contributed by atoms with E-state index < -0.39 is 0 Å². The van der Waals surface area contributed by atoms with Crippen molar-refractivity contribution in [3.63, 3.8) is 0 Å². The molecule has 0 amide bonds. The molecule has 3 aromatic carbocycles. The average Bonchev–Trinajstić information content (AvgIpc) is 3.37. The molecular formula is C30H31NOS. The van der Waals surface area contributed by atoms with Crippen LogP contribution >= 0.6 is 11.8 Å². The number of aryl methyl sites for hydroxylation is 1. The van der Waals surface area contributed by atoms with Gasteiger partial charge in [-0.2, -0.15) is 0 Å². The van der Waals surface area contributed by atoms with E-state index in [1.54, 1.807) is 23.8 Å². The second kappa shape index (κ2) is 7.06. The van der Waals surface area contributed by atoms with Gasteiger partial charge in [-0.25, -0.2) is 0 Å². The number of thioether (sulfide) groups is 1. The van der Waals surface area contributed by atoms with E-state index in [-0.39, 0.29) is 5.41 Å². The topological polar surface area (TPSA) is 25.0 Å². The maximum absolute atomic E-state index is 5.52. The van der Waals surface area contributed by atoms with Crippen LogP contribution in [0.15, 0.2) is 53.4 Å². The summed E-state index contributed by atoms with van der Waals surface area (Å²) in [4.78, 5) is 5.27. The SMILES string of the molecule is COc1ccc2c(c1)CC[C@@H]1[C@@H]2CC[C@]2(C)c3cc4[nH]c5ccccc5c4c(SC)c3C[C@@H]12. The molecule has 0 saturated heterocycles. The minimum absolute atomic E-state index is 0.288. The number of hydrogen-bond acceptors (Lipinski definition) is 2. The van der Waals surface area contributed by atoms with Gasteiger partial charge in [0.1, 0.15) is 5.75 Å². The van der Waals surface area contributed by atoms with Crippen LogP contribution in [0, 0.1) is 11.8 Å². The van der Waals surface area contributed by atoms with Crippen LogP contribution < -0.4 is 4.74 Å². The van der Waals surface area contributed by atoms with Crippen molar-refractivity contribution in [3.05, 3.63) is 70.8 Å². The summed E-state index contributed by atoms with van der Waals surface area (Å²) in [6, 6.07) is 18.2. The molecule has 4 aromatic rings. The Morgan fingerprint density at radius 3 is 2.79 bits per heavy atom. The van der Waals surface area contributed by atoms with Crippen LogP contribution in [-0.2, 0) is 18.3 Å². The van der Waals surface area contributed by atoms with Crippen LogP contribution in [0.5, 0.6) is 5.75 Å². The highest BCUT2D eigenvalue weighted by Crippen LogP contribution is 2.61. The molecule has 1 heterocycles. The summed E-state index contributed by atoms with van der Waals surface area (Å²) in [7, 11) is 1.78. The van der Waals surface area contributed by atoms with Gasteiger partial charge >= 0.3 is 0 Å². The fourth-order valence-electron chi connectivity index (χ4n) is 7.89. The van der Waals surface area contributed by atoms with E-state index in [4.69, 9.17) is 4.74 Å². The number of aromatic nitrogens is 1. The first-order valence-corrected chi connectivity index (χ1v) is 13.6. The molecule has 4 atom stereocenters. The molecule has 33 heavy (non-hydrogen) atoms. The molecule has 0 unspecified atom stereocenters. The predicted molar refractivity (Wildman–Crippen MR) is 139 cm³/mol. The molecule has 0 bridgehead atoms. The van der Waals surface area contributed by atoms with E-state index in [0.717, 1.165) is 17.6 Å². The van der Waals surface area contributed by atoms with Crippen molar-refractivity contribution < 1.29 is 4.74 Å². The zero-order chi connectivity index (χ0) is 22.3. The Hall–Kier alpha value is -2.39. The van der Waals surface area contributed by atoms with Crippen molar-refractivity contribution >= 4 is 33.6 Å². The first-order chi connectivity index (χ1) is 16.1. The first kappa shape index (κ1) is 20.0. The third-order valence-corrected chi connectivity index (χ3v) is 10.3. The van der Waals surface area contributed by atoms with Crippen molar-refractivity contribution in [1.29, 1.82) is 0 Å². The Bertz CT molecular complexity index is 1420. The van der Waals surface area contributed by atoms with E-state index in [2.05, 4.69) is 66.7 Å². The first-order valence-electron chi connectivity index (χ1n) is 12.4. The normalized spacial score (nSPS) is 27.8. The third-order valence-electron chi connectivity index (χ3n) is 9.42. The smallest absolute Gasteiger partial charge is 0.119 e. The molecule has 1 saturated carbocycles. The number of methoxy groups -OCH3 is 1. The van der Waals surface area contributed by atoms with E-state index in [1.807, 2.05) is 11.8 Å². The maximum Gasteiger partial charge on any atom is 0.119 e. The predicted octanol–water partition coefficient (Wildman–Crippen LogP) is 7.62. The number of aromatic amines is 1. The molecule has 1 fully saturated rings.